The fourth-order valence-corrected chi connectivity index (χ4v) is 1.47. The molecule has 0 saturated heterocycles. The van der Waals surface area contributed by atoms with E-state index >= 15 is 0 Å². The van der Waals surface area contributed by atoms with Gasteiger partial charge < -0.3 is 11.1 Å². The van der Waals surface area contributed by atoms with Gasteiger partial charge in [0.2, 0.25) is 0 Å². The minimum atomic E-state index is 0.802. The van der Waals surface area contributed by atoms with Crippen molar-refractivity contribution in [2.24, 2.45) is 5.73 Å². The number of aromatic nitrogens is 2. The maximum atomic E-state index is 5.43. The first-order valence-corrected chi connectivity index (χ1v) is 5.98. The number of nitrogens with zero attached hydrogens (tertiary/aromatic N) is 2. The van der Waals surface area contributed by atoms with E-state index in [1.807, 2.05) is 13.8 Å². The van der Waals surface area contributed by atoms with Crippen molar-refractivity contribution in [3.8, 4) is 0 Å². The molecule has 0 aliphatic rings. The van der Waals surface area contributed by atoms with E-state index in [0.29, 0.717) is 0 Å². The zero-order chi connectivity index (χ0) is 11.8. The summed E-state index contributed by atoms with van der Waals surface area (Å²) in [4.78, 5) is 8.68. The summed E-state index contributed by atoms with van der Waals surface area (Å²) < 4.78 is 0. The second-order valence-corrected chi connectivity index (χ2v) is 4.06. The van der Waals surface area contributed by atoms with Crippen LogP contribution in [0, 0.1) is 13.8 Å². The normalized spacial score (nSPS) is 10.4. The van der Waals surface area contributed by atoms with Gasteiger partial charge in [0.05, 0.1) is 17.6 Å². The van der Waals surface area contributed by atoms with Crippen molar-refractivity contribution >= 4 is 5.82 Å². The van der Waals surface area contributed by atoms with E-state index in [9.17, 15) is 0 Å². The molecule has 90 valence electrons. The Morgan fingerprint density at radius 3 is 2.56 bits per heavy atom. The molecule has 0 amide bonds. The van der Waals surface area contributed by atoms with E-state index in [4.69, 9.17) is 5.73 Å². The fourth-order valence-electron chi connectivity index (χ4n) is 1.47. The van der Waals surface area contributed by atoms with E-state index in [0.717, 1.165) is 43.1 Å². The standard InChI is InChI=1S/C12H22N4/c1-10-11(2)16-12(9-15-10)14-8-6-4-3-5-7-13/h9H,3-8,13H2,1-2H3,(H,14,16). The van der Waals surface area contributed by atoms with Crippen LogP contribution < -0.4 is 11.1 Å². The zero-order valence-electron chi connectivity index (χ0n) is 10.3. The third kappa shape index (κ3) is 4.57. The molecule has 4 heteroatoms. The van der Waals surface area contributed by atoms with Gasteiger partial charge in [-0.1, -0.05) is 12.8 Å². The van der Waals surface area contributed by atoms with Gasteiger partial charge in [0.25, 0.3) is 0 Å². The summed E-state index contributed by atoms with van der Waals surface area (Å²) in [5.74, 6) is 0.877. The number of aryl methyl sites for hydroxylation is 2. The smallest absolute Gasteiger partial charge is 0.144 e. The molecule has 0 bridgehead atoms. The van der Waals surface area contributed by atoms with Crippen molar-refractivity contribution in [2.45, 2.75) is 39.5 Å². The van der Waals surface area contributed by atoms with Gasteiger partial charge in [-0.05, 0) is 33.2 Å². The van der Waals surface area contributed by atoms with Crippen molar-refractivity contribution < 1.29 is 0 Å². The molecule has 0 saturated carbocycles. The number of nitrogens with one attached hydrogen (secondary N) is 1. The Kier molecular flexibility index (Phi) is 5.78. The number of unbranched alkanes of at least 4 members (excludes halogenated alkanes) is 3. The van der Waals surface area contributed by atoms with Crippen LogP contribution in [0.2, 0.25) is 0 Å². The third-order valence-corrected chi connectivity index (χ3v) is 2.63. The van der Waals surface area contributed by atoms with Gasteiger partial charge in [0, 0.05) is 6.54 Å². The van der Waals surface area contributed by atoms with Crippen LogP contribution >= 0.6 is 0 Å². The van der Waals surface area contributed by atoms with Gasteiger partial charge in [-0.2, -0.15) is 0 Å². The molecule has 0 radical (unpaired) electrons. The predicted octanol–water partition coefficient (Wildman–Crippen LogP) is 2.02. The molecule has 0 aliphatic carbocycles. The molecular weight excluding hydrogens is 200 g/mol. The summed E-state index contributed by atoms with van der Waals surface area (Å²) >= 11 is 0. The Morgan fingerprint density at radius 1 is 1.12 bits per heavy atom. The van der Waals surface area contributed by atoms with Crippen molar-refractivity contribution in [1.29, 1.82) is 0 Å². The molecule has 1 aromatic heterocycles. The van der Waals surface area contributed by atoms with Crippen LogP contribution in [0.25, 0.3) is 0 Å². The molecule has 4 nitrogen and oxygen atoms in total. The Balaban J connectivity index is 2.19. The summed E-state index contributed by atoms with van der Waals surface area (Å²) in [5, 5.41) is 3.28. The maximum Gasteiger partial charge on any atom is 0.144 e. The van der Waals surface area contributed by atoms with E-state index in [1.165, 1.54) is 12.8 Å². The molecule has 0 aromatic carbocycles. The minimum absolute atomic E-state index is 0.802. The average molecular weight is 222 g/mol. The largest absolute Gasteiger partial charge is 0.369 e. The minimum Gasteiger partial charge on any atom is -0.369 e. The van der Waals surface area contributed by atoms with Crippen LogP contribution in [0.15, 0.2) is 6.20 Å². The Hall–Kier alpha value is -1.16. The highest BCUT2D eigenvalue weighted by molar-refractivity contribution is 5.32. The predicted molar refractivity (Wildman–Crippen MR) is 67.5 cm³/mol. The van der Waals surface area contributed by atoms with Gasteiger partial charge >= 0.3 is 0 Å². The molecule has 0 fully saturated rings. The van der Waals surface area contributed by atoms with Gasteiger partial charge in [-0.15, -0.1) is 0 Å². The molecule has 0 unspecified atom stereocenters. The molecule has 1 heterocycles. The first kappa shape index (κ1) is 12.9. The number of anilines is 1. The van der Waals surface area contributed by atoms with E-state index in [2.05, 4.69) is 15.3 Å². The lowest BCUT2D eigenvalue weighted by molar-refractivity contribution is 0.660. The zero-order valence-corrected chi connectivity index (χ0v) is 10.3. The highest BCUT2D eigenvalue weighted by Crippen LogP contribution is 2.06. The Bertz CT molecular complexity index is 312. The van der Waals surface area contributed by atoms with Crippen LogP contribution in [-0.2, 0) is 0 Å². The van der Waals surface area contributed by atoms with E-state index in [-0.39, 0.29) is 0 Å². The van der Waals surface area contributed by atoms with Crippen LogP contribution in [0.3, 0.4) is 0 Å². The van der Waals surface area contributed by atoms with Crippen molar-refractivity contribution in [3.05, 3.63) is 17.6 Å². The van der Waals surface area contributed by atoms with Crippen LogP contribution in [0.5, 0.6) is 0 Å². The van der Waals surface area contributed by atoms with E-state index < -0.39 is 0 Å². The molecule has 0 aliphatic heterocycles. The number of nitrogens with two attached hydrogens (primary N) is 1. The Morgan fingerprint density at radius 2 is 1.88 bits per heavy atom. The van der Waals surface area contributed by atoms with Crippen LogP contribution in [-0.4, -0.2) is 23.1 Å². The molecule has 1 aromatic rings. The number of hydrogen-bond acceptors (Lipinski definition) is 4. The number of hydrogen-bond donors (Lipinski definition) is 2. The van der Waals surface area contributed by atoms with E-state index in [1.54, 1.807) is 6.20 Å². The number of rotatable bonds is 7. The highest BCUT2D eigenvalue weighted by Gasteiger charge is 1.98. The molecule has 0 atom stereocenters. The first-order chi connectivity index (χ1) is 7.74. The lowest BCUT2D eigenvalue weighted by Gasteiger charge is -2.06. The summed E-state index contributed by atoms with van der Waals surface area (Å²) in [6.45, 7) is 5.71. The maximum absolute atomic E-state index is 5.43. The quantitative estimate of drug-likeness (QED) is 0.693. The second kappa shape index (κ2) is 7.17. The molecule has 3 N–H and O–H groups in total. The second-order valence-electron chi connectivity index (χ2n) is 4.06. The van der Waals surface area contributed by atoms with Crippen molar-refractivity contribution in [3.63, 3.8) is 0 Å². The first-order valence-electron chi connectivity index (χ1n) is 5.98. The van der Waals surface area contributed by atoms with Crippen molar-refractivity contribution in [2.75, 3.05) is 18.4 Å². The van der Waals surface area contributed by atoms with Crippen molar-refractivity contribution in [1.82, 2.24) is 9.97 Å². The molecule has 16 heavy (non-hydrogen) atoms. The van der Waals surface area contributed by atoms with Gasteiger partial charge in [-0.25, -0.2) is 4.98 Å². The molecule has 1 rings (SSSR count). The summed E-state index contributed by atoms with van der Waals surface area (Å²) in [7, 11) is 0. The van der Waals surface area contributed by atoms with Crippen LogP contribution in [0.1, 0.15) is 37.1 Å². The lowest BCUT2D eigenvalue weighted by atomic mass is 10.2. The summed E-state index contributed by atoms with van der Waals surface area (Å²) in [6.07, 6.45) is 6.53. The Labute approximate surface area is 97.7 Å². The monoisotopic (exact) mass is 222 g/mol. The fraction of sp³-hybridized carbons (Fsp3) is 0.667. The van der Waals surface area contributed by atoms with Gasteiger partial charge in [0.1, 0.15) is 5.82 Å². The topological polar surface area (TPSA) is 63.8 Å². The SMILES string of the molecule is Cc1ncc(NCCCCCCN)nc1C. The van der Waals surface area contributed by atoms with Crippen LogP contribution in [0.4, 0.5) is 5.82 Å². The third-order valence-electron chi connectivity index (χ3n) is 2.63. The molecular formula is C12H22N4. The summed E-state index contributed by atoms with van der Waals surface area (Å²) in [6, 6.07) is 0. The highest BCUT2D eigenvalue weighted by atomic mass is 15.0. The lowest BCUT2D eigenvalue weighted by Crippen LogP contribution is -2.06. The van der Waals surface area contributed by atoms with Gasteiger partial charge in [0.15, 0.2) is 0 Å². The molecule has 0 spiro atoms. The van der Waals surface area contributed by atoms with Gasteiger partial charge in [-0.3, -0.25) is 4.98 Å². The average Bonchev–Trinajstić information content (AvgIpc) is 2.28. The summed E-state index contributed by atoms with van der Waals surface area (Å²) in [5.41, 5.74) is 7.42.